The Morgan fingerprint density at radius 2 is 1.74 bits per heavy atom. The van der Waals surface area contributed by atoms with E-state index in [1.54, 1.807) is 0 Å². The van der Waals surface area contributed by atoms with Crippen molar-refractivity contribution in [3.8, 4) is 0 Å². The number of aliphatic hydroxyl groups excluding tert-OH is 1. The topological polar surface area (TPSA) is 67.8 Å². The molecule has 27 heavy (non-hydrogen) atoms. The van der Waals surface area contributed by atoms with Crippen molar-refractivity contribution in [3.05, 3.63) is 0 Å². The van der Waals surface area contributed by atoms with Crippen LogP contribution in [0.2, 0.25) is 0 Å². The van der Waals surface area contributed by atoms with E-state index >= 15 is 0 Å². The summed E-state index contributed by atoms with van der Waals surface area (Å²) in [6.45, 7) is 10.8. The lowest BCUT2D eigenvalue weighted by Gasteiger charge is -2.63. The van der Waals surface area contributed by atoms with Crippen LogP contribution in [0, 0.1) is 39.9 Å². The third-order valence-electron chi connectivity index (χ3n) is 9.72. The predicted octanol–water partition coefficient (Wildman–Crippen LogP) is 4.36. The third-order valence-corrected chi connectivity index (χ3v) is 9.72. The van der Waals surface area contributed by atoms with Crippen molar-refractivity contribution in [3.63, 3.8) is 0 Å². The Morgan fingerprint density at radius 1 is 1.00 bits per heavy atom. The molecule has 4 heteroatoms. The van der Waals surface area contributed by atoms with Crippen LogP contribution in [0.4, 0.5) is 0 Å². The minimum atomic E-state index is -0.0739. The number of rotatable bonds is 3. The van der Waals surface area contributed by atoms with Crippen LogP contribution < -0.4 is 5.73 Å². The van der Waals surface area contributed by atoms with E-state index in [0.29, 0.717) is 24.5 Å². The number of nitrogens with zero attached hydrogens (tertiary/aromatic N) is 1. The summed E-state index contributed by atoms with van der Waals surface area (Å²) >= 11 is 0. The molecular weight excluding hydrogens is 336 g/mol. The largest absolute Gasteiger partial charge is 0.394 e. The summed E-state index contributed by atoms with van der Waals surface area (Å²) in [6, 6.07) is 0. The highest BCUT2D eigenvalue weighted by Gasteiger charge is 2.62. The molecule has 4 saturated carbocycles. The summed E-state index contributed by atoms with van der Waals surface area (Å²) < 4.78 is 0. The van der Waals surface area contributed by atoms with Gasteiger partial charge in [0.25, 0.3) is 0 Å². The zero-order chi connectivity index (χ0) is 19.4. The van der Waals surface area contributed by atoms with Gasteiger partial charge in [0.05, 0.1) is 11.8 Å². The number of aliphatic hydroxyl groups is 1. The van der Waals surface area contributed by atoms with Gasteiger partial charge in [0.1, 0.15) is 6.61 Å². The second kappa shape index (κ2) is 6.73. The lowest BCUT2D eigenvalue weighted by Crippen LogP contribution is -2.58. The normalized spacial score (nSPS) is 50.0. The summed E-state index contributed by atoms with van der Waals surface area (Å²) in [6.07, 6.45) is 9.61. The SMILES string of the molecule is CC1(C)/C(=N\OCCN)CC[C@@]2(C)C1CC[C@H]1[C@@H]3CC[C@H](O)[C@@]3(C)CC[C@@H]12. The average Bonchev–Trinajstić information content (AvgIpc) is 2.92. The van der Waals surface area contributed by atoms with Crippen LogP contribution >= 0.6 is 0 Å². The van der Waals surface area contributed by atoms with Gasteiger partial charge < -0.3 is 15.7 Å². The molecule has 0 aromatic heterocycles. The molecule has 154 valence electrons. The van der Waals surface area contributed by atoms with Crippen LogP contribution in [0.1, 0.15) is 79.1 Å². The van der Waals surface area contributed by atoms with Crippen molar-refractivity contribution in [2.24, 2.45) is 50.8 Å². The van der Waals surface area contributed by atoms with E-state index in [1.807, 2.05) is 0 Å². The standard InChI is InChI=1S/C23H40N2O2/c1-21(2)18-7-5-15-16-6-8-20(26)23(16,4)11-9-17(15)22(18,3)12-10-19(21)25-27-14-13-24/h15-18,20,26H,5-14,24H2,1-4H3/b25-19-/t15-,16-,17-,18?,20-,22+,23-/m0/s1. The van der Waals surface area contributed by atoms with Crippen LogP contribution in [-0.2, 0) is 4.84 Å². The van der Waals surface area contributed by atoms with Crippen molar-refractivity contribution in [2.75, 3.05) is 13.2 Å². The summed E-state index contributed by atoms with van der Waals surface area (Å²) in [4.78, 5) is 5.49. The number of hydrogen-bond donors (Lipinski definition) is 2. The van der Waals surface area contributed by atoms with Gasteiger partial charge in [-0.25, -0.2) is 0 Å². The molecule has 7 atom stereocenters. The van der Waals surface area contributed by atoms with E-state index < -0.39 is 0 Å². The molecule has 4 aliphatic carbocycles. The number of nitrogens with two attached hydrogens (primary N) is 1. The molecule has 3 N–H and O–H groups in total. The fourth-order valence-corrected chi connectivity index (χ4v) is 8.22. The second-order valence-corrected chi connectivity index (χ2v) is 11.0. The maximum absolute atomic E-state index is 10.7. The summed E-state index contributed by atoms with van der Waals surface area (Å²) in [7, 11) is 0. The Balaban J connectivity index is 1.59. The molecule has 0 aliphatic heterocycles. The lowest BCUT2D eigenvalue weighted by atomic mass is 9.41. The molecule has 0 amide bonds. The highest BCUT2D eigenvalue weighted by atomic mass is 16.6. The maximum atomic E-state index is 10.7. The van der Waals surface area contributed by atoms with Crippen LogP contribution in [-0.4, -0.2) is 30.1 Å². The molecule has 0 aromatic carbocycles. The van der Waals surface area contributed by atoms with Gasteiger partial charge in [0.15, 0.2) is 0 Å². The first-order valence-corrected chi connectivity index (χ1v) is 11.3. The Morgan fingerprint density at radius 3 is 2.48 bits per heavy atom. The molecule has 4 nitrogen and oxygen atoms in total. The molecule has 4 aliphatic rings. The van der Waals surface area contributed by atoms with Gasteiger partial charge >= 0.3 is 0 Å². The maximum Gasteiger partial charge on any atom is 0.129 e. The van der Waals surface area contributed by atoms with Gasteiger partial charge in [-0.15, -0.1) is 0 Å². The minimum absolute atomic E-state index is 0.0739. The monoisotopic (exact) mass is 376 g/mol. The van der Waals surface area contributed by atoms with E-state index in [-0.39, 0.29) is 16.9 Å². The predicted molar refractivity (Wildman–Crippen MR) is 109 cm³/mol. The Labute approximate surface area is 165 Å². The van der Waals surface area contributed by atoms with Crippen LogP contribution in [0.25, 0.3) is 0 Å². The zero-order valence-electron chi connectivity index (χ0n) is 17.8. The molecule has 4 rings (SSSR count). The van der Waals surface area contributed by atoms with Gasteiger partial charge in [-0.05, 0) is 85.9 Å². The second-order valence-electron chi connectivity index (χ2n) is 11.0. The third kappa shape index (κ3) is 2.80. The van der Waals surface area contributed by atoms with Gasteiger partial charge in [-0.3, -0.25) is 0 Å². The van der Waals surface area contributed by atoms with E-state index in [0.717, 1.165) is 30.6 Å². The van der Waals surface area contributed by atoms with E-state index in [9.17, 15) is 5.11 Å². The molecule has 0 bridgehead atoms. The Bertz CT molecular complexity index is 603. The van der Waals surface area contributed by atoms with Crippen molar-refractivity contribution in [1.29, 1.82) is 0 Å². The first-order chi connectivity index (χ1) is 12.7. The van der Waals surface area contributed by atoms with Gasteiger partial charge in [0, 0.05) is 12.0 Å². The quantitative estimate of drug-likeness (QED) is 0.568. The van der Waals surface area contributed by atoms with E-state index in [1.165, 1.54) is 44.2 Å². The highest BCUT2D eigenvalue weighted by Crippen LogP contribution is 2.68. The van der Waals surface area contributed by atoms with E-state index in [4.69, 9.17) is 10.6 Å². The van der Waals surface area contributed by atoms with Gasteiger partial charge in [-0.2, -0.15) is 0 Å². The van der Waals surface area contributed by atoms with Crippen LogP contribution in [0.15, 0.2) is 5.16 Å². The molecular formula is C23H40N2O2. The Kier molecular flexibility index (Phi) is 4.91. The first-order valence-electron chi connectivity index (χ1n) is 11.3. The fraction of sp³-hybridized carbons (Fsp3) is 0.957. The number of fused-ring (bicyclic) bond motifs is 5. The summed E-state index contributed by atoms with van der Waals surface area (Å²) in [5.41, 5.74) is 7.48. The molecule has 0 radical (unpaired) electrons. The first kappa shape index (κ1) is 19.7. The molecule has 1 unspecified atom stereocenters. The summed E-state index contributed by atoms with van der Waals surface area (Å²) in [5.74, 6) is 3.03. The molecule has 0 heterocycles. The minimum Gasteiger partial charge on any atom is -0.394 e. The molecule has 0 aromatic rings. The van der Waals surface area contributed by atoms with Crippen molar-refractivity contribution >= 4 is 5.71 Å². The molecule has 0 saturated heterocycles. The van der Waals surface area contributed by atoms with Crippen LogP contribution in [0.5, 0.6) is 0 Å². The fourth-order valence-electron chi connectivity index (χ4n) is 8.22. The number of oxime groups is 1. The van der Waals surface area contributed by atoms with Crippen LogP contribution in [0.3, 0.4) is 0 Å². The van der Waals surface area contributed by atoms with Crippen molar-refractivity contribution in [1.82, 2.24) is 0 Å². The zero-order valence-corrected chi connectivity index (χ0v) is 17.8. The molecule has 4 fully saturated rings. The van der Waals surface area contributed by atoms with Crippen molar-refractivity contribution < 1.29 is 9.94 Å². The molecule has 0 spiro atoms. The van der Waals surface area contributed by atoms with Gasteiger partial charge in [-0.1, -0.05) is 32.9 Å². The lowest BCUT2D eigenvalue weighted by molar-refractivity contribution is -0.131. The Hall–Kier alpha value is -0.610. The highest BCUT2D eigenvalue weighted by molar-refractivity contribution is 5.90. The van der Waals surface area contributed by atoms with E-state index in [2.05, 4.69) is 32.9 Å². The number of hydrogen-bond acceptors (Lipinski definition) is 4. The van der Waals surface area contributed by atoms with Gasteiger partial charge in [0.2, 0.25) is 0 Å². The average molecular weight is 377 g/mol. The van der Waals surface area contributed by atoms with Crippen molar-refractivity contribution in [2.45, 2.75) is 85.2 Å². The smallest absolute Gasteiger partial charge is 0.129 e. The summed E-state index contributed by atoms with van der Waals surface area (Å²) in [5, 5.41) is 15.2.